The average molecular weight is 129 g/mol. The van der Waals surface area contributed by atoms with E-state index >= 15 is 0 Å². The lowest BCUT2D eigenvalue weighted by molar-refractivity contribution is -0.115. The molecule has 0 aromatic rings. The fourth-order valence-electron chi connectivity index (χ4n) is 0.343. The van der Waals surface area contributed by atoms with Gasteiger partial charge >= 0.3 is 0 Å². The zero-order valence-corrected chi connectivity index (χ0v) is 6.42. The van der Waals surface area contributed by atoms with Crippen molar-refractivity contribution in [1.29, 1.82) is 0 Å². The molecule has 0 aromatic carbocycles. The van der Waals surface area contributed by atoms with E-state index in [0.29, 0.717) is 0 Å². The van der Waals surface area contributed by atoms with Crippen molar-refractivity contribution >= 4 is 14.9 Å². The van der Waals surface area contributed by atoms with Crippen LogP contribution in [0.5, 0.6) is 0 Å². The van der Waals surface area contributed by atoms with Crippen molar-refractivity contribution in [2.75, 3.05) is 0 Å². The SMILES string of the molecule is C=CC(=O)N[SiH](C)C. The number of amides is 1. The minimum atomic E-state index is -0.917. The number of carbonyl (C=O) groups excluding carboxylic acids is 1. The third-order valence-corrected chi connectivity index (χ3v) is 1.48. The highest BCUT2D eigenvalue weighted by Gasteiger charge is 1.95. The molecule has 3 heteroatoms. The van der Waals surface area contributed by atoms with Crippen LogP contribution in [0.2, 0.25) is 13.1 Å². The Morgan fingerprint density at radius 1 is 1.75 bits per heavy atom. The molecule has 0 atom stereocenters. The summed E-state index contributed by atoms with van der Waals surface area (Å²) in [4.78, 5) is 13.2. The average Bonchev–Trinajstić information content (AvgIpc) is 1.65. The zero-order valence-electron chi connectivity index (χ0n) is 5.27. The second-order valence-corrected chi connectivity index (χ2v) is 4.47. The van der Waals surface area contributed by atoms with Gasteiger partial charge < -0.3 is 4.98 Å². The summed E-state index contributed by atoms with van der Waals surface area (Å²) in [6.45, 7) is 7.41. The summed E-state index contributed by atoms with van der Waals surface area (Å²) in [6, 6.07) is 0. The molecule has 46 valence electrons. The number of hydrogen-bond donors (Lipinski definition) is 1. The molecule has 0 spiro atoms. The molecule has 0 rings (SSSR count). The van der Waals surface area contributed by atoms with Crippen LogP contribution in [0.1, 0.15) is 0 Å². The molecule has 0 heterocycles. The maximum absolute atomic E-state index is 10.4. The van der Waals surface area contributed by atoms with Crippen LogP contribution >= 0.6 is 0 Å². The van der Waals surface area contributed by atoms with E-state index in [0.717, 1.165) is 0 Å². The van der Waals surface area contributed by atoms with Gasteiger partial charge in [-0.3, -0.25) is 4.79 Å². The van der Waals surface area contributed by atoms with E-state index in [9.17, 15) is 4.79 Å². The van der Waals surface area contributed by atoms with E-state index in [1.807, 2.05) is 13.1 Å². The number of nitrogens with one attached hydrogen (secondary N) is 1. The van der Waals surface area contributed by atoms with Crippen LogP contribution in [-0.2, 0) is 4.79 Å². The van der Waals surface area contributed by atoms with Gasteiger partial charge in [-0.1, -0.05) is 19.7 Å². The third-order valence-electron chi connectivity index (χ3n) is 0.616. The Labute approximate surface area is 51.3 Å². The van der Waals surface area contributed by atoms with Gasteiger partial charge in [-0.2, -0.15) is 0 Å². The fraction of sp³-hybridized carbons (Fsp3) is 0.400. The van der Waals surface area contributed by atoms with Crippen molar-refractivity contribution in [2.24, 2.45) is 0 Å². The van der Waals surface area contributed by atoms with E-state index in [-0.39, 0.29) is 5.91 Å². The largest absolute Gasteiger partial charge is 0.382 e. The minimum absolute atomic E-state index is 0.0494. The summed E-state index contributed by atoms with van der Waals surface area (Å²) >= 11 is 0. The topological polar surface area (TPSA) is 29.1 Å². The Morgan fingerprint density at radius 3 is 2.38 bits per heavy atom. The molecule has 0 aromatic heterocycles. The Morgan fingerprint density at radius 2 is 2.25 bits per heavy atom. The molecule has 0 aliphatic heterocycles. The number of hydrogen-bond acceptors (Lipinski definition) is 1. The molecule has 1 N–H and O–H groups in total. The molecule has 0 unspecified atom stereocenters. The highest BCUT2D eigenvalue weighted by molar-refractivity contribution is 6.56. The van der Waals surface area contributed by atoms with Gasteiger partial charge in [-0.15, -0.1) is 0 Å². The Bertz CT molecular complexity index is 101. The van der Waals surface area contributed by atoms with Gasteiger partial charge in [0.05, 0.1) is 0 Å². The lowest BCUT2D eigenvalue weighted by atomic mass is 10.6. The number of rotatable bonds is 2. The normalized spacial score (nSPS) is 8.88. The maximum atomic E-state index is 10.4. The zero-order chi connectivity index (χ0) is 6.57. The second-order valence-electron chi connectivity index (χ2n) is 1.87. The van der Waals surface area contributed by atoms with Crippen molar-refractivity contribution in [3.05, 3.63) is 12.7 Å². The first kappa shape index (κ1) is 7.43. The van der Waals surface area contributed by atoms with Crippen LogP contribution in [0.15, 0.2) is 12.7 Å². The first-order valence-electron chi connectivity index (χ1n) is 2.59. The number of carbonyl (C=O) groups is 1. The van der Waals surface area contributed by atoms with Gasteiger partial charge in [0.15, 0.2) is 0 Å². The van der Waals surface area contributed by atoms with Crippen LogP contribution in [0, 0.1) is 0 Å². The van der Waals surface area contributed by atoms with Crippen molar-refractivity contribution in [1.82, 2.24) is 4.98 Å². The fourth-order valence-corrected chi connectivity index (χ4v) is 1.03. The molecular weight excluding hydrogens is 118 g/mol. The molecule has 0 fully saturated rings. The summed E-state index contributed by atoms with van der Waals surface area (Å²) in [5, 5.41) is 0. The molecule has 1 amide bonds. The molecule has 0 aliphatic carbocycles. The van der Waals surface area contributed by atoms with E-state index in [1.165, 1.54) is 6.08 Å². The Balaban J connectivity index is 3.39. The summed E-state index contributed by atoms with van der Waals surface area (Å²) in [7, 11) is -0.917. The van der Waals surface area contributed by atoms with E-state index in [1.54, 1.807) is 0 Å². The highest BCUT2D eigenvalue weighted by Crippen LogP contribution is 1.72. The van der Waals surface area contributed by atoms with Crippen molar-refractivity contribution in [2.45, 2.75) is 13.1 Å². The Hall–Kier alpha value is -0.573. The highest BCUT2D eigenvalue weighted by atomic mass is 28.3. The third kappa shape index (κ3) is 3.61. The summed E-state index contributed by atoms with van der Waals surface area (Å²) in [5.74, 6) is -0.0494. The lowest BCUT2D eigenvalue weighted by Gasteiger charge is -2.00. The van der Waals surface area contributed by atoms with E-state index in [2.05, 4.69) is 11.6 Å². The van der Waals surface area contributed by atoms with Crippen molar-refractivity contribution in [3.63, 3.8) is 0 Å². The van der Waals surface area contributed by atoms with Gasteiger partial charge in [0.2, 0.25) is 5.91 Å². The molecule has 2 nitrogen and oxygen atoms in total. The molecule has 0 bridgehead atoms. The predicted octanol–water partition coefficient (Wildman–Crippen LogP) is 0.272. The second kappa shape index (κ2) is 3.43. The minimum Gasteiger partial charge on any atom is -0.382 e. The van der Waals surface area contributed by atoms with Crippen molar-refractivity contribution in [3.8, 4) is 0 Å². The van der Waals surface area contributed by atoms with Gasteiger partial charge in [0.1, 0.15) is 8.96 Å². The lowest BCUT2D eigenvalue weighted by Crippen LogP contribution is -2.31. The summed E-state index contributed by atoms with van der Waals surface area (Å²) in [6.07, 6.45) is 1.30. The summed E-state index contributed by atoms with van der Waals surface area (Å²) in [5.41, 5.74) is 0. The molecule has 0 saturated heterocycles. The van der Waals surface area contributed by atoms with Gasteiger partial charge in [0, 0.05) is 0 Å². The molecular formula is C5H11NOSi. The molecule has 0 aliphatic rings. The quantitative estimate of drug-likeness (QED) is 0.421. The predicted molar refractivity (Wildman–Crippen MR) is 37.2 cm³/mol. The van der Waals surface area contributed by atoms with Crippen LogP contribution in [-0.4, -0.2) is 14.9 Å². The van der Waals surface area contributed by atoms with Gasteiger partial charge in [-0.05, 0) is 6.08 Å². The van der Waals surface area contributed by atoms with Gasteiger partial charge in [-0.25, -0.2) is 0 Å². The van der Waals surface area contributed by atoms with Crippen molar-refractivity contribution < 1.29 is 4.79 Å². The van der Waals surface area contributed by atoms with Crippen LogP contribution in [0.25, 0.3) is 0 Å². The smallest absolute Gasteiger partial charge is 0.235 e. The standard InChI is InChI=1S/C5H11NOSi/c1-4-5(7)6-8(2)3/h4,8H,1H2,2-3H3,(H,6,7). The van der Waals surface area contributed by atoms with Gasteiger partial charge in [0.25, 0.3) is 0 Å². The molecule has 0 saturated carbocycles. The van der Waals surface area contributed by atoms with E-state index in [4.69, 9.17) is 0 Å². The Kier molecular flexibility index (Phi) is 3.19. The van der Waals surface area contributed by atoms with Crippen LogP contribution < -0.4 is 4.98 Å². The maximum Gasteiger partial charge on any atom is 0.235 e. The van der Waals surface area contributed by atoms with Crippen LogP contribution in [0.3, 0.4) is 0 Å². The van der Waals surface area contributed by atoms with Crippen LogP contribution in [0.4, 0.5) is 0 Å². The first-order valence-corrected chi connectivity index (χ1v) is 5.48. The monoisotopic (exact) mass is 129 g/mol. The van der Waals surface area contributed by atoms with E-state index < -0.39 is 8.96 Å². The molecule has 0 radical (unpaired) electrons. The summed E-state index contributed by atoms with van der Waals surface area (Å²) < 4.78 is 0. The first-order chi connectivity index (χ1) is 3.66. The molecule has 8 heavy (non-hydrogen) atoms.